The van der Waals surface area contributed by atoms with E-state index < -0.39 is 18.2 Å². The van der Waals surface area contributed by atoms with Gasteiger partial charge in [0.1, 0.15) is 6.10 Å². The Morgan fingerprint density at radius 3 is 1.31 bits per heavy atom. The highest BCUT2D eigenvalue weighted by Crippen LogP contribution is 2.17. The van der Waals surface area contributed by atoms with Gasteiger partial charge in [0, 0.05) is 6.42 Å². The lowest BCUT2D eigenvalue weighted by molar-refractivity contribution is -0.151. The summed E-state index contributed by atoms with van der Waals surface area (Å²) < 4.78 is 5.90. The molecule has 0 aliphatic heterocycles. The second kappa shape index (κ2) is 49.6. The number of esters is 1. The van der Waals surface area contributed by atoms with Crippen LogP contribution < -0.4 is 5.32 Å². The van der Waals surface area contributed by atoms with Crippen LogP contribution in [0.2, 0.25) is 0 Å². The molecule has 3 N–H and O–H groups in total. The van der Waals surface area contributed by atoms with Gasteiger partial charge in [-0.3, -0.25) is 9.59 Å². The maximum Gasteiger partial charge on any atom is 0.306 e. The molecule has 0 fully saturated rings. The maximum atomic E-state index is 13.2. The number of amides is 1. The Bertz CT molecular complexity index is 1110. The first-order valence-corrected chi connectivity index (χ1v) is 26.5. The lowest BCUT2D eigenvalue weighted by Gasteiger charge is -2.24. The maximum absolute atomic E-state index is 13.2. The number of ether oxygens (including phenoxy) is 1. The van der Waals surface area contributed by atoms with Crippen molar-refractivity contribution < 1.29 is 24.5 Å². The van der Waals surface area contributed by atoms with E-state index in [0.29, 0.717) is 25.7 Å². The van der Waals surface area contributed by atoms with Crippen molar-refractivity contribution in [3.63, 3.8) is 0 Å². The summed E-state index contributed by atoms with van der Waals surface area (Å²) >= 11 is 0. The Hall–Kier alpha value is -2.44. The Morgan fingerprint density at radius 2 is 0.823 bits per heavy atom. The third-order valence-corrected chi connectivity index (χ3v) is 11.8. The van der Waals surface area contributed by atoms with Crippen LogP contribution in [-0.2, 0) is 14.3 Å². The molecule has 0 radical (unpaired) electrons. The number of aliphatic hydroxyl groups excluding tert-OH is 2. The highest BCUT2D eigenvalue weighted by molar-refractivity contribution is 5.77. The topological polar surface area (TPSA) is 95.9 Å². The normalized spacial score (nSPS) is 13.7. The Labute approximate surface area is 384 Å². The summed E-state index contributed by atoms with van der Waals surface area (Å²) in [6.45, 7) is 6.44. The molecular formula is C56H101NO5. The minimum Gasteiger partial charge on any atom is -0.462 e. The summed E-state index contributed by atoms with van der Waals surface area (Å²) in [6.07, 6.45) is 61.4. The molecule has 0 bridgehead atoms. The molecule has 0 heterocycles. The van der Waals surface area contributed by atoms with Gasteiger partial charge in [-0.05, 0) is 89.9 Å². The summed E-state index contributed by atoms with van der Waals surface area (Å²) in [4.78, 5) is 26.1. The fraction of sp³-hybridized carbons (Fsp3) is 0.786. The molecule has 0 aliphatic rings. The van der Waals surface area contributed by atoms with Crippen molar-refractivity contribution in [3.05, 3.63) is 60.8 Å². The Morgan fingerprint density at radius 1 is 0.468 bits per heavy atom. The number of carbonyl (C=O) groups excluding carboxylic acids is 2. The number of hydrogen-bond acceptors (Lipinski definition) is 5. The molecule has 6 nitrogen and oxygen atoms in total. The van der Waals surface area contributed by atoms with Crippen LogP contribution in [0.3, 0.4) is 0 Å². The van der Waals surface area contributed by atoms with E-state index in [4.69, 9.17) is 4.74 Å². The number of hydrogen-bond donors (Lipinski definition) is 3. The van der Waals surface area contributed by atoms with E-state index in [0.717, 1.165) is 77.0 Å². The number of carbonyl (C=O) groups is 2. The number of rotatable bonds is 47. The van der Waals surface area contributed by atoms with Gasteiger partial charge in [0.25, 0.3) is 0 Å². The number of aliphatic hydroxyl groups is 2. The minimum atomic E-state index is -0.801. The Kier molecular flexibility index (Phi) is 47.6. The zero-order valence-electron chi connectivity index (χ0n) is 41.0. The smallest absolute Gasteiger partial charge is 0.306 e. The summed E-state index contributed by atoms with van der Waals surface area (Å²) in [6, 6.07) is -0.718. The molecule has 360 valence electrons. The third-order valence-electron chi connectivity index (χ3n) is 11.8. The summed E-state index contributed by atoms with van der Waals surface area (Å²) in [5.41, 5.74) is 0. The molecule has 0 aromatic heterocycles. The van der Waals surface area contributed by atoms with Gasteiger partial charge in [-0.2, -0.15) is 0 Å². The van der Waals surface area contributed by atoms with E-state index in [2.05, 4.69) is 86.8 Å². The van der Waals surface area contributed by atoms with Gasteiger partial charge in [-0.1, -0.05) is 216 Å². The van der Waals surface area contributed by atoms with Gasteiger partial charge in [-0.15, -0.1) is 0 Å². The fourth-order valence-electron chi connectivity index (χ4n) is 7.77. The van der Waals surface area contributed by atoms with Crippen LogP contribution in [0.15, 0.2) is 60.8 Å². The molecule has 6 heteroatoms. The van der Waals surface area contributed by atoms with Gasteiger partial charge in [-0.25, -0.2) is 0 Å². The van der Waals surface area contributed by atoms with Gasteiger partial charge < -0.3 is 20.3 Å². The van der Waals surface area contributed by atoms with Crippen molar-refractivity contribution in [1.29, 1.82) is 0 Å². The van der Waals surface area contributed by atoms with Crippen molar-refractivity contribution in [1.82, 2.24) is 5.32 Å². The highest BCUT2D eigenvalue weighted by Gasteiger charge is 2.24. The summed E-state index contributed by atoms with van der Waals surface area (Å²) in [7, 11) is 0. The van der Waals surface area contributed by atoms with Crippen LogP contribution in [-0.4, -0.2) is 46.9 Å². The van der Waals surface area contributed by atoms with Crippen LogP contribution in [0.1, 0.15) is 258 Å². The third kappa shape index (κ3) is 44.2. The van der Waals surface area contributed by atoms with Gasteiger partial charge in [0.05, 0.1) is 25.2 Å². The van der Waals surface area contributed by atoms with Crippen molar-refractivity contribution in [2.24, 2.45) is 0 Å². The first kappa shape index (κ1) is 59.6. The predicted molar refractivity (Wildman–Crippen MR) is 268 cm³/mol. The van der Waals surface area contributed by atoms with E-state index in [1.54, 1.807) is 0 Å². The fourth-order valence-corrected chi connectivity index (χ4v) is 7.77. The molecule has 0 aromatic rings. The van der Waals surface area contributed by atoms with E-state index in [1.807, 2.05) is 0 Å². The van der Waals surface area contributed by atoms with Crippen LogP contribution in [0, 0.1) is 0 Å². The quantitative estimate of drug-likeness (QED) is 0.0322. The highest BCUT2D eigenvalue weighted by atomic mass is 16.5. The van der Waals surface area contributed by atoms with Crippen LogP contribution in [0.5, 0.6) is 0 Å². The SMILES string of the molecule is CCCCC/C=C\C/C=C\C/C=C\C/C=C\CCCC(=O)OC(CCCCC/C=C/CCCCCCCCC)CC(=O)NC(CO)C(O)CCCCCCCCCCCCCC. The predicted octanol–water partition coefficient (Wildman–Crippen LogP) is 16.0. The lowest BCUT2D eigenvalue weighted by Crippen LogP contribution is -2.46. The average molecular weight is 868 g/mol. The number of unbranched alkanes of at least 4 members (excludes halogenated alkanes) is 25. The largest absolute Gasteiger partial charge is 0.462 e. The molecular weight excluding hydrogens is 767 g/mol. The van der Waals surface area contributed by atoms with Crippen molar-refractivity contribution >= 4 is 11.9 Å². The molecule has 3 atom stereocenters. The summed E-state index contributed by atoms with van der Waals surface area (Å²) in [5.74, 6) is -0.553. The standard InChI is InChI=1S/C56H101NO5/c1-4-7-10-13-16-19-22-25-27-28-29-31-34-37-40-43-46-49-56(61)62-52(47-44-41-38-35-32-30-26-23-20-17-14-11-8-5-2)50-55(60)57-53(51-58)54(59)48-45-42-39-36-33-24-21-18-15-12-9-6-3/h16,19,25,27,29-32,37,40,52-54,58-59H,4-15,17-18,20-24,26,28,33-36,38-39,41-51H2,1-3H3,(H,57,60)/b19-16-,27-25-,31-29-,32-30+,40-37-. The molecule has 0 aliphatic carbocycles. The molecule has 0 spiro atoms. The van der Waals surface area contributed by atoms with Crippen LogP contribution in [0.4, 0.5) is 0 Å². The number of allylic oxidation sites excluding steroid dienone is 10. The Balaban J connectivity index is 4.69. The zero-order chi connectivity index (χ0) is 45.2. The molecule has 0 saturated heterocycles. The lowest BCUT2D eigenvalue weighted by atomic mass is 10.0. The van der Waals surface area contributed by atoms with Crippen LogP contribution in [0.25, 0.3) is 0 Å². The van der Waals surface area contributed by atoms with Gasteiger partial charge in [0.2, 0.25) is 5.91 Å². The molecule has 0 saturated carbocycles. The van der Waals surface area contributed by atoms with E-state index >= 15 is 0 Å². The first-order valence-electron chi connectivity index (χ1n) is 26.5. The van der Waals surface area contributed by atoms with Crippen molar-refractivity contribution in [2.75, 3.05) is 6.61 Å². The van der Waals surface area contributed by atoms with E-state index in [1.165, 1.54) is 128 Å². The van der Waals surface area contributed by atoms with Gasteiger partial charge in [0.15, 0.2) is 0 Å². The average Bonchev–Trinajstić information content (AvgIpc) is 3.26. The minimum absolute atomic E-state index is 0.0447. The zero-order valence-corrected chi connectivity index (χ0v) is 41.0. The molecule has 0 rings (SSSR count). The van der Waals surface area contributed by atoms with Gasteiger partial charge >= 0.3 is 5.97 Å². The first-order chi connectivity index (χ1) is 30.5. The monoisotopic (exact) mass is 868 g/mol. The van der Waals surface area contributed by atoms with Crippen molar-refractivity contribution in [2.45, 2.75) is 277 Å². The molecule has 1 amide bonds. The van der Waals surface area contributed by atoms with Crippen molar-refractivity contribution in [3.8, 4) is 0 Å². The van der Waals surface area contributed by atoms with Crippen LogP contribution >= 0.6 is 0 Å². The molecule has 62 heavy (non-hydrogen) atoms. The summed E-state index contributed by atoms with van der Waals surface area (Å²) in [5, 5.41) is 23.8. The van der Waals surface area contributed by atoms with E-state index in [9.17, 15) is 19.8 Å². The second-order valence-corrected chi connectivity index (χ2v) is 17.9. The van der Waals surface area contributed by atoms with E-state index in [-0.39, 0.29) is 24.9 Å². The second-order valence-electron chi connectivity index (χ2n) is 17.9. The number of nitrogens with one attached hydrogen (secondary N) is 1. The molecule has 0 aromatic carbocycles. The molecule has 3 unspecified atom stereocenters.